The molecule has 2 aromatic carbocycles. The van der Waals surface area contributed by atoms with Crippen LogP contribution in [0.25, 0.3) is 0 Å². The van der Waals surface area contributed by atoms with Gasteiger partial charge in [-0.25, -0.2) is 0 Å². The topological polar surface area (TPSA) is 106 Å². The van der Waals surface area contributed by atoms with E-state index in [0.717, 1.165) is 31.2 Å². The lowest BCUT2D eigenvalue weighted by atomic mass is 9.74. The second-order valence-electron chi connectivity index (χ2n) is 11.1. The molecule has 9 heteroatoms. The van der Waals surface area contributed by atoms with E-state index >= 15 is 0 Å². The lowest BCUT2D eigenvalue weighted by Crippen LogP contribution is -2.56. The average Bonchev–Trinajstić information content (AvgIpc) is 3.62. The number of carbonyl (C=O) groups is 3. The van der Waals surface area contributed by atoms with Crippen molar-refractivity contribution >= 4 is 23.4 Å². The van der Waals surface area contributed by atoms with Gasteiger partial charge in [-0.2, -0.15) is 0 Å². The molecule has 9 nitrogen and oxygen atoms in total. The van der Waals surface area contributed by atoms with Gasteiger partial charge in [-0.3, -0.25) is 14.4 Å². The number of fused-ring (bicyclic) bond motifs is 1. The molecule has 3 fully saturated rings. The Bertz CT molecular complexity index is 1300. The molecule has 3 heterocycles. The maximum Gasteiger partial charge on any atom is 0.246 e. The number of amides is 3. The zero-order chi connectivity index (χ0) is 27.9. The van der Waals surface area contributed by atoms with Gasteiger partial charge >= 0.3 is 0 Å². The molecule has 3 aliphatic heterocycles. The zero-order valence-electron chi connectivity index (χ0n) is 22.8. The van der Waals surface area contributed by atoms with Crippen LogP contribution in [0.4, 0.5) is 5.69 Å². The van der Waals surface area contributed by atoms with Crippen LogP contribution in [0.3, 0.4) is 0 Å². The molecule has 5 unspecified atom stereocenters. The summed E-state index contributed by atoms with van der Waals surface area (Å²) < 4.78 is 16.9. The third-order valence-corrected chi connectivity index (χ3v) is 8.75. The fourth-order valence-electron chi connectivity index (χ4n) is 6.79. The molecule has 2 N–H and O–H groups in total. The van der Waals surface area contributed by atoms with Crippen molar-refractivity contribution in [1.82, 2.24) is 10.2 Å². The molecule has 6 rings (SSSR count). The van der Waals surface area contributed by atoms with E-state index in [9.17, 15) is 14.4 Å². The molecule has 40 heavy (non-hydrogen) atoms. The second-order valence-corrected chi connectivity index (χ2v) is 11.1. The third-order valence-electron chi connectivity index (χ3n) is 8.75. The summed E-state index contributed by atoms with van der Waals surface area (Å²) in [6, 6.07) is 13.7. The van der Waals surface area contributed by atoms with Crippen molar-refractivity contribution < 1.29 is 28.6 Å². The number of nitrogens with zero attached hydrogens (tertiary/aromatic N) is 1. The van der Waals surface area contributed by atoms with Gasteiger partial charge in [0.25, 0.3) is 0 Å². The predicted octanol–water partition coefficient (Wildman–Crippen LogP) is 3.44. The van der Waals surface area contributed by atoms with Crippen molar-refractivity contribution in [2.45, 2.75) is 62.4 Å². The van der Waals surface area contributed by atoms with Crippen molar-refractivity contribution in [3.05, 3.63) is 66.2 Å². The summed E-state index contributed by atoms with van der Waals surface area (Å²) >= 11 is 0. The Hall–Kier alpha value is -3.85. The molecule has 5 atom stereocenters. The summed E-state index contributed by atoms with van der Waals surface area (Å²) in [5.41, 5.74) is 0.256. The molecule has 2 bridgehead atoms. The van der Waals surface area contributed by atoms with Gasteiger partial charge in [0.2, 0.25) is 17.7 Å². The summed E-state index contributed by atoms with van der Waals surface area (Å²) in [5, 5.41) is 6.16. The number of carbonyl (C=O) groups excluding carboxylic acids is 3. The van der Waals surface area contributed by atoms with Crippen LogP contribution < -0.4 is 20.1 Å². The molecule has 2 saturated heterocycles. The van der Waals surface area contributed by atoms with Gasteiger partial charge in [-0.1, -0.05) is 43.5 Å². The van der Waals surface area contributed by atoms with Gasteiger partial charge in [0.05, 0.1) is 32.2 Å². The van der Waals surface area contributed by atoms with E-state index in [1.807, 2.05) is 36.4 Å². The molecule has 210 valence electrons. The van der Waals surface area contributed by atoms with Crippen LogP contribution in [0.15, 0.2) is 60.7 Å². The number of hydrogen-bond acceptors (Lipinski definition) is 6. The van der Waals surface area contributed by atoms with Crippen molar-refractivity contribution in [1.29, 1.82) is 0 Å². The average molecular weight is 546 g/mol. The lowest BCUT2D eigenvalue weighted by Gasteiger charge is -2.34. The fraction of sp³-hybridized carbons (Fsp3) is 0.452. The van der Waals surface area contributed by atoms with Crippen LogP contribution in [0.2, 0.25) is 0 Å². The molecular weight excluding hydrogens is 510 g/mol. The van der Waals surface area contributed by atoms with E-state index in [0.29, 0.717) is 17.2 Å². The quantitative estimate of drug-likeness (QED) is 0.493. The number of likely N-dealkylation sites (tertiary alicyclic amines) is 1. The number of methoxy groups -OCH3 is 2. The highest BCUT2D eigenvalue weighted by Crippen LogP contribution is 2.55. The number of hydrogen-bond donors (Lipinski definition) is 2. The summed E-state index contributed by atoms with van der Waals surface area (Å²) in [7, 11) is 3.18. The summed E-state index contributed by atoms with van der Waals surface area (Å²) in [6.45, 7) is 0.221. The highest BCUT2D eigenvalue weighted by molar-refractivity contribution is 6.02. The van der Waals surface area contributed by atoms with Gasteiger partial charge in [-0.05, 0) is 54.8 Å². The monoisotopic (exact) mass is 545 g/mol. The van der Waals surface area contributed by atoms with E-state index in [2.05, 4.69) is 10.6 Å². The first-order valence-corrected chi connectivity index (χ1v) is 14.0. The SMILES string of the molecule is COc1ccc(CN2C(=O)C3C(C(=O)Nc4ccc(OC)cc4)C4C=CC3(O4)C2C(=O)NC2CCCCC2)cc1. The molecule has 1 aliphatic carbocycles. The molecule has 1 saturated carbocycles. The van der Waals surface area contributed by atoms with Crippen LogP contribution in [0.5, 0.6) is 11.5 Å². The largest absolute Gasteiger partial charge is 0.497 e. The van der Waals surface area contributed by atoms with E-state index in [1.54, 1.807) is 43.4 Å². The Morgan fingerprint density at radius 1 is 0.950 bits per heavy atom. The normalized spacial score (nSPS) is 28.9. The lowest BCUT2D eigenvalue weighted by molar-refractivity contribution is -0.142. The Labute approximate surface area is 233 Å². The molecule has 1 spiro atoms. The van der Waals surface area contributed by atoms with Crippen molar-refractivity contribution in [2.24, 2.45) is 11.8 Å². The van der Waals surface area contributed by atoms with Crippen LogP contribution in [0.1, 0.15) is 37.7 Å². The maximum absolute atomic E-state index is 14.2. The van der Waals surface area contributed by atoms with Gasteiger partial charge in [0.15, 0.2) is 0 Å². The van der Waals surface area contributed by atoms with Crippen LogP contribution >= 0.6 is 0 Å². The standard InChI is InChI=1S/C31H35N3O6/c1-38-22-12-8-19(9-13-22)18-34-27(29(36)33-20-6-4-3-5-7-20)31-17-16-24(40-31)25(26(31)30(34)37)28(35)32-21-10-14-23(39-2)15-11-21/h8-17,20,24-27H,3-7,18H2,1-2H3,(H,32,35)(H,33,36). The first kappa shape index (κ1) is 26.4. The van der Waals surface area contributed by atoms with Crippen molar-refractivity contribution in [3.8, 4) is 11.5 Å². The third kappa shape index (κ3) is 4.52. The minimum absolute atomic E-state index is 0.0754. The highest BCUT2D eigenvalue weighted by atomic mass is 16.5. The molecule has 0 aromatic heterocycles. The van der Waals surface area contributed by atoms with Gasteiger partial charge in [-0.15, -0.1) is 0 Å². The molecular formula is C31H35N3O6. The van der Waals surface area contributed by atoms with Crippen molar-refractivity contribution in [2.75, 3.05) is 19.5 Å². The van der Waals surface area contributed by atoms with Crippen molar-refractivity contribution in [3.63, 3.8) is 0 Å². The number of ether oxygens (including phenoxy) is 3. The van der Waals surface area contributed by atoms with E-state index < -0.39 is 29.6 Å². The second kappa shape index (κ2) is 10.6. The smallest absolute Gasteiger partial charge is 0.246 e. The van der Waals surface area contributed by atoms with Gasteiger partial charge in [0, 0.05) is 18.3 Å². The van der Waals surface area contributed by atoms with E-state index in [1.165, 1.54) is 6.42 Å². The number of benzene rings is 2. The number of anilines is 1. The maximum atomic E-state index is 14.2. The highest BCUT2D eigenvalue weighted by Gasteiger charge is 2.72. The van der Waals surface area contributed by atoms with E-state index in [4.69, 9.17) is 14.2 Å². The molecule has 4 aliphatic rings. The number of nitrogens with one attached hydrogen (secondary N) is 2. The summed E-state index contributed by atoms with van der Waals surface area (Å²) in [4.78, 5) is 43.4. The Morgan fingerprint density at radius 2 is 1.60 bits per heavy atom. The summed E-state index contributed by atoms with van der Waals surface area (Å²) in [6.07, 6.45) is 8.26. The Morgan fingerprint density at radius 3 is 2.25 bits per heavy atom. The first-order chi connectivity index (χ1) is 19.4. The first-order valence-electron chi connectivity index (χ1n) is 14.0. The molecule has 2 aromatic rings. The molecule has 0 radical (unpaired) electrons. The van der Waals surface area contributed by atoms with Gasteiger partial charge < -0.3 is 29.7 Å². The van der Waals surface area contributed by atoms with Gasteiger partial charge in [0.1, 0.15) is 23.1 Å². The molecule has 3 amide bonds. The van der Waals surface area contributed by atoms with Crippen LogP contribution in [-0.4, -0.2) is 60.6 Å². The fourth-order valence-corrected chi connectivity index (χ4v) is 6.79. The number of rotatable bonds is 8. The Balaban J connectivity index is 1.30. The predicted molar refractivity (Wildman–Crippen MR) is 148 cm³/mol. The summed E-state index contributed by atoms with van der Waals surface area (Å²) in [5.74, 6) is -0.961. The minimum atomic E-state index is -1.20. The van der Waals surface area contributed by atoms with Crippen LogP contribution in [0, 0.1) is 11.8 Å². The van der Waals surface area contributed by atoms with E-state index in [-0.39, 0.29) is 30.3 Å². The minimum Gasteiger partial charge on any atom is -0.497 e. The Kier molecular flexibility index (Phi) is 7.00. The zero-order valence-corrected chi connectivity index (χ0v) is 22.8. The van der Waals surface area contributed by atoms with Crippen LogP contribution in [-0.2, 0) is 25.7 Å².